The van der Waals surface area contributed by atoms with Gasteiger partial charge in [0.25, 0.3) is 11.5 Å². The van der Waals surface area contributed by atoms with Crippen LogP contribution in [0.3, 0.4) is 0 Å². The van der Waals surface area contributed by atoms with Crippen molar-refractivity contribution in [2.24, 2.45) is 0 Å². The van der Waals surface area contributed by atoms with Crippen molar-refractivity contribution in [3.63, 3.8) is 0 Å². The second-order valence-electron chi connectivity index (χ2n) is 6.53. The van der Waals surface area contributed by atoms with E-state index in [9.17, 15) is 9.59 Å². The van der Waals surface area contributed by atoms with Crippen LogP contribution >= 0.6 is 0 Å². The number of pyridine rings is 1. The van der Waals surface area contributed by atoms with Gasteiger partial charge >= 0.3 is 0 Å². The molecule has 3 aromatic rings. The number of aromatic amines is 1. The Labute approximate surface area is 163 Å². The van der Waals surface area contributed by atoms with E-state index in [1.165, 1.54) is 12.3 Å². The molecule has 6 heteroatoms. The van der Waals surface area contributed by atoms with Crippen LogP contribution in [0.15, 0.2) is 64.0 Å². The Morgan fingerprint density at radius 3 is 2.57 bits per heavy atom. The van der Waals surface area contributed by atoms with Crippen LogP contribution in [0.5, 0.6) is 5.75 Å². The fraction of sp³-hybridized carbons (Fsp3) is 0.273. The number of nitrogens with one attached hydrogen (secondary N) is 2. The summed E-state index contributed by atoms with van der Waals surface area (Å²) in [5, 5.41) is 2.99. The van der Waals surface area contributed by atoms with E-state index in [1.807, 2.05) is 24.3 Å². The lowest BCUT2D eigenvalue weighted by molar-refractivity contribution is 0.0932. The number of furan rings is 1. The zero-order chi connectivity index (χ0) is 19.9. The number of aromatic nitrogens is 1. The third-order valence-electron chi connectivity index (χ3n) is 4.61. The minimum atomic E-state index is -0.449. The van der Waals surface area contributed by atoms with Crippen molar-refractivity contribution in [2.45, 2.75) is 32.2 Å². The van der Waals surface area contributed by atoms with Gasteiger partial charge in [-0.05, 0) is 48.4 Å². The second-order valence-corrected chi connectivity index (χ2v) is 6.53. The molecule has 0 spiro atoms. The molecule has 0 aliphatic carbocycles. The maximum absolute atomic E-state index is 12.8. The quantitative estimate of drug-likeness (QED) is 0.610. The minimum absolute atomic E-state index is 0.0744. The SMILES string of the molecule is CCCCC(NC(=O)c1ccc(-c2ccco2)[nH]c1=O)c1ccc(OC)cc1. The van der Waals surface area contributed by atoms with Gasteiger partial charge in [-0.3, -0.25) is 9.59 Å². The van der Waals surface area contributed by atoms with E-state index in [2.05, 4.69) is 17.2 Å². The number of ether oxygens (including phenoxy) is 1. The first-order valence-electron chi connectivity index (χ1n) is 9.34. The van der Waals surface area contributed by atoms with Gasteiger partial charge in [0.05, 0.1) is 25.1 Å². The molecule has 1 unspecified atom stereocenters. The number of unbranched alkanes of at least 4 members (excludes halogenated alkanes) is 1. The van der Waals surface area contributed by atoms with Gasteiger partial charge in [-0.2, -0.15) is 0 Å². The molecular weight excluding hydrogens is 356 g/mol. The third-order valence-corrected chi connectivity index (χ3v) is 4.61. The van der Waals surface area contributed by atoms with E-state index in [0.717, 1.165) is 30.6 Å². The third kappa shape index (κ3) is 4.52. The Kier molecular flexibility index (Phi) is 6.32. The van der Waals surface area contributed by atoms with Crippen molar-refractivity contribution in [3.05, 3.63) is 76.3 Å². The lowest BCUT2D eigenvalue weighted by Gasteiger charge is -2.19. The summed E-state index contributed by atoms with van der Waals surface area (Å²) in [7, 11) is 1.62. The molecule has 28 heavy (non-hydrogen) atoms. The van der Waals surface area contributed by atoms with Gasteiger partial charge in [-0.25, -0.2) is 0 Å². The molecule has 0 aliphatic heterocycles. The van der Waals surface area contributed by atoms with E-state index in [1.54, 1.807) is 25.3 Å². The van der Waals surface area contributed by atoms with E-state index in [0.29, 0.717) is 11.5 Å². The molecule has 1 atom stereocenters. The van der Waals surface area contributed by atoms with Crippen LogP contribution in [0.2, 0.25) is 0 Å². The van der Waals surface area contributed by atoms with Crippen molar-refractivity contribution in [3.8, 4) is 17.2 Å². The lowest BCUT2D eigenvalue weighted by Crippen LogP contribution is -2.32. The number of carbonyl (C=O) groups excluding carboxylic acids is 1. The number of benzene rings is 1. The average Bonchev–Trinajstić information content (AvgIpc) is 3.26. The summed E-state index contributed by atoms with van der Waals surface area (Å²) in [6, 6.07) is 14.1. The Morgan fingerprint density at radius 2 is 1.96 bits per heavy atom. The topological polar surface area (TPSA) is 84.3 Å². The molecule has 6 nitrogen and oxygen atoms in total. The number of methoxy groups -OCH3 is 1. The number of amides is 1. The van der Waals surface area contributed by atoms with Crippen LogP contribution in [0, 0.1) is 0 Å². The molecule has 0 saturated carbocycles. The number of hydrogen-bond donors (Lipinski definition) is 2. The van der Waals surface area contributed by atoms with Crippen LogP contribution < -0.4 is 15.6 Å². The maximum atomic E-state index is 12.8. The van der Waals surface area contributed by atoms with Gasteiger partial charge in [0.2, 0.25) is 0 Å². The second kappa shape index (κ2) is 9.08. The summed E-state index contributed by atoms with van der Waals surface area (Å²) in [5.41, 5.74) is 1.14. The number of carbonyl (C=O) groups is 1. The molecule has 0 saturated heterocycles. The molecule has 1 amide bonds. The fourth-order valence-electron chi connectivity index (χ4n) is 3.03. The van der Waals surface area contributed by atoms with E-state index >= 15 is 0 Å². The van der Waals surface area contributed by atoms with Crippen LogP contribution in [-0.2, 0) is 0 Å². The normalized spacial score (nSPS) is 11.8. The summed E-state index contributed by atoms with van der Waals surface area (Å²) in [4.78, 5) is 27.9. The van der Waals surface area contributed by atoms with Crippen LogP contribution in [-0.4, -0.2) is 18.0 Å². The van der Waals surface area contributed by atoms with Crippen LogP contribution in [0.25, 0.3) is 11.5 Å². The molecule has 0 radical (unpaired) electrons. The van der Waals surface area contributed by atoms with Crippen LogP contribution in [0.4, 0.5) is 0 Å². The van der Waals surface area contributed by atoms with Gasteiger partial charge in [-0.1, -0.05) is 31.9 Å². The lowest BCUT2D eigenvalue weighted by atomic mass is 10.0. The van der Waals surface area contributed by atoms with Crippen molar-refractivity contribution in [2.75, 3.05) is 7.11 Å². The largest absolute Gasteiger partial charge is 0.497 e. The molecule has 0 bridgehead atoms. The summed E-state index contributed by atoms with van der Waals surface area (Å²) in [6.07, 6.45) is 4.30. The van der Waals surface area contributed by atoms with Gasteiger partial charge in [-0.15, -0.1) is 0 Å². The predicted molar refractivity (Wildman–Crippen MR) is 107 cm³/mol. The number of hydrogen-bond acceptors (Lipinski definition) is 4. The highest BCUT2D eigenvalue weighted by Gasteiger charge is 2.18. The van der Waals surface area contributed by atoms with E-state index in [4.69, 9.17) is 9.15 Å². The Balaban J connectivity index is 1.80. The zero-order valence-electron chi connectivity index (χ0n) is 16.0. The van der Waals surface area contributed by atoms with Crippen molar-refractivity contribution in [1.82, 2.24) is 10.3 Å². The van der Waals surface area contributed by atoms with E-state index in [-0.39, 0.29) is 11.6 Å². The summed E-state index contributed by atoms with van der Waals surface area (Å²) >= 11 is 0. The molecule has 2 heterocycles. The summed E-state index contributed by atoms with van der Waals surface area (Å²) in [6.45, 7) is 2.10. The summed E-state index contributed by atoms with van der Waals surface area (Å²) < 4.78 is 10.5. The molecule has 3 rings (SSSR count). The first-order chi connectivity index (χ1) is 13.6. The van der Waals surface area contributed by atoms with Crippen molar-refractivity contribution >= 4 is 5.91 Å². The molecule has 0 fully saturated rings. The average molecular weight is 380 g/mol. The van der Waals surface area contributed by atoms with Crippen molar-refractivity contribution in [1.29, 1.82) is 0 Å². The molecule has 146 valence electrons. The molecule has 2 N–H and O–H groups in total. The van der Waals surface area contributed by atoms with Crippen LogP contribution in [0.1, 0.15) is 48.1 Å². The van der Waals surface area contributed by atoms with Gasteiger partial charge in [0, 0.05) is 0 Å². The Hall–Kier alpha value is -3.28. The Morgan fingerprint density at radius 1 is 1.18 bits per heavy atom. The fourth-order valence-corrected chi connectivity index (χ4v) is 3.03. The summed E-state index contributed by atoms with van der Waals surface area (Å²) in [5.74, 6) is 0.904. The maximum Gasteiger partial charge on any atom is 0.261 e. The predicted octanol–water partition coefficient (Wildman–Crippen LogP) is 4.30. The number of H-pyrrole nitrogens is 1. The smallest absolute Gasteiger partial charge is 0.261 e. The van der Waals surface area contributed by atoms with Gasteiger partial charge in [0.15, 0.2) is 0 Å². The highest BCUT2D eigenvalue weighted by Crippen LogP contribution is 2.23. The molecule has 0 aliphatic rings. The highest BCUT2D eigenvalue weighted by molar-refractivity contribution is 5.94. The first kappa shape index (κ1) is 19.5. The van der Waals surface area contributed by atoms with Gasteiger partial charge in [0.1, 0.15) is 17.1 Å². The highest BCUT2D eigenvalue weighted by atomic mass is 16.5. The minimum Gasteiger partial charge on any atom is -0.497 e. The zero-order valence-corrected chi connectivity index (χ0v) is 16.0. The molecular formula is C22H24N2O4. The standard InChI is InChI=1S/C22H24N2O4/c1-3-4-6-18(15-8-10-16(27-2)11-9-15)23-21(25)17-12-13-19(24-22(17)26)20-7-5-14-28-20/h5,7-14,18H,3-4,6H2,1-2H3,(H,23,25)(H,24,26). The van der Waals surface area contributed by atoms with Crippen molar-refractivity contribution < 1.29 is 13.9 Å². The van der Waals surface area contributed by atoms with Gasteiger partial charge < -0.3 is 19.5 Å². The number of rotatable bonds is 8. The molecule has 2 aromatic heterocycles. The Bertz CT molecular complexity index is 959. The monoisotopic (exact) mass is 380 g/mol. The molecule has 1 aromatic carbocycles. The first-order valence-corrected chi connectivity index (χ1v) is 9.34. The van der Waals surface area contributed by atoms with E-state index < -0.39 is 11.5 Å².